The van der Waals surface area contributed by atoms with Gasteiger partial charge in [-0.2, -0.15) is 5.10 Å². The molecule has 0 amide bonds. The molecule has 21 heavy (non-hydrogen) atoms. The van der Waals surface area contributed by atoms with Gasteiger partial charge >= 0.3 is 0 Å². The number of fused-ring (bicyclic) bond motifs is 1. The highest BCUT2D eigenvalue weighted by molar-refractivity contribution is 5.78. The average Bonchev–Trinajstić information content (AvgIpc) is 2.97. The van der Waals surface area contributed by atoms with Gasteiger partial charge in [0.1, 0.15) is 5.82 Å². The molecule has 0 radical (unpaired) electrons. The van der Waals surface area contributed by atoms with Crippen molar-refractivity contribution in [3.8, 4) is 5.69 Å². The van der Waals surface area contributed by atoms with E-state index in [4.69, 9.17) is 4.98 Å². The standard InChI is InChI=1S/C17H20N4/c1-3-5-11-15-14-12-18-21(13-9-7-6-8-10-13)17(14)20-16(4-2)19-15/h6-10,12H,3-5,11H2,1-2H3. The van der Waals surface area contributed by atoms with Crippen LogP contribution in [-0.2, 0) is 12.8 Å². The Morgan fingerprint density at radius 3 is 2.57 bits per heavy atom. The van der Waals surface area contributed by atoms with Crippen LogP contribution in [0.15, 0.2) is 36.5 Å². The zero-order chi connectivity index (χ0) is 14.7. The van der Waals surface area contributed by atoms with Crippen LogP contribution in [0.3, 0.4) is 0 Å². The Hall–Kier alpha value is -2.23. The quantitative estimate of drug-likeness (QED) is 0.715. The molecule has 0 bridgehead atoms. The maximum Gasteiger partial charge on any atom is 0.166 e. The third-order valence-electron chi connectivity index (χ3n) is 3.64. The minimum atomic E-state index is 0.842. The third-order valence-corrected chi connectivity index (χ3v) is 3.64. The molecule has 1 aromatic carbocycles. The first kappa shape index (κ1) is 13.7. The zero-order valence-electron chi connectivity index (χ0n) is 12.6. The summed E-state index contributed by atoms with van der Waals surface area (Å²) in [6, 6.07) is 10.1. The molecule has 108 valence electrons. The summed E-state index contributed by atoms with van der Waals surface area (Å²) in [5.74, 6) is 0.895. The summed E-state index contributed by atoms with van der Waals surface area (Å²) in [6.45, 7) is 4.29. The van der Waals surface area contributed by atoms with Crippen LogP contribution in [0.25, 0.3) is 16.7 Å². The second kappa shape index (κ2) is 6.04. The van der Waals surface area contributed by atoms with Crippen molar-refractivity contribution < 1.29 is 0 Å². The lowest BCUT2D eigenvalue weighted by molar-refractivity contribution is 0.769. The number of aryl methyl sites for hydroxylation is 2. The van der Waals surface area contributed by atoms with Crippen LogP contribution in [0, 0.1) is 0 Å². The fourth-order valence-electron chi connectivity index (χ4n) is 2.47. The first-order chi connectivity index (χ1) is 10.3. The van der Waals surface area contributed by atoms with E-state index in [1.165, 1.54) is 6.42 Å². The van der Waals surface area contributed by atoms with Crippen molar-refractivity contribution in [2.75, 3.05) is 0 Å². The Bertz CT molecular complexity index is 731. The van der Waals surface area contributed by atoms with Gasteiger partial charge in [-0.1, -0.05) is 38.5 Å². The minimum absolute atomic E-state index is 0.842. The first-order valence-electron chi connectivity index (χ1n) is 7.62. The van der Waals surface area contributed by atoms with Gasteiger partial charge in [0.25, 0.3) is 0 Å². The number of aromatic nitrogens is 4. The van der Waals surface area contributed by atoms with Gasteiger partial charge in [0, 0.05) is 6.42 Å². The normalized spacial score (nSPS) is 11.1. The molecule has 4 nitrogen and oxygen atoms in total. The van der Waals surface area contributed by atoms with Crippen LogP contribution in [0.1, 0.15) is 38.2 Å². The van der Waals surface area contributed by atoms with Crippen LogP contribution < -0.4 is 0 Å². The van der Waals surface area contributed by atoms with Gasteiger partial charge in [-0.05, 0) is 25.0 Å². The number of hydrogen-bond donors (Lipinski definition) is 0. The number of unbranched alkanes of at least 4 members (excludes halogenated alkanes) is 1. The highest BCUT2D eigenvalue weighted by Crippen LogP contribution is 2.20. The van der Waals surface area contributed by atoms with E-state index in [1.54, 1.807) is 0 Å². The summed E-state index contributed by atoms with van der Waals surface area (Å²) >= 11 is 0. The van der Waals surface area contributed by atoms with Crippen molar-refractivity contribution in [1.29, 1.82) is 0 Å². The number of benzene rings is 1. The van der Waals surface area contributed by atoms with Crippen molar-refractivity contribution in [1.82, 2.24) is 19.7 Å². The molecule has 2 aromatic heterocycles. The molecule has 0 unspecified atom stereocenters. The van der Waals surface area contributed by atoms with Gasteiger partial charge in [-0.15, -0.1) is 0 Å². The monoisotopic (exact) mass is 280 g/mol. The predicted molar refractivity (Wildman–Crippen MR) is 84.7 cm³/mol. The van der Waals surface area contributed by atoms with Gasteiger partial charge in [0.15, 0.2) is 5.65 Å². The highest BCUT2D eigenvalue weighted by Gasteiger charge is 2.12. The number of hydrogen-bond acceptors (Lipinski definition) is 3. The van der Waals surface area contributed by atoms with E-state index in [1.807, 2.05) is 41.2 Å². The second-order valence-corrected chi connectivity index (χ2v) is 5.17. The summed E-state index contributed by atoms with van der Waals surface area (Å²) in [7, 11) is 0. The van der Waals surface area contributed by atoms with Gasteiger partial charge in [0.05, 0.1) is 23.0 Å². The smallest absolute Gasteiger partial charge is 0.166 e. The molecular weight excluding hydrogens is 260 g/mol. The van der Waals surface area contributed by atoms with Crippen molar-refractivity contribution in [2.45, 2.75) is 39.5 Å². The summed E-state index contributed by atoms with van der Waals surface area (Å²) in [6.07, 6.45) is 6.04. The van der Waals surface area contributed by atoms with Crippen molar-refractivity contribution in [3.63, 3.8) is 0 Å². The maximum atomic E-state index is 4.70. The van der Waals surface area contributed by atoms with Crippen LogP contribution in [0.4, 0.5) is 0 Å². The van der Waals surface area contributed by atoms with Gasteiger partial charge in [0.2, 0.25) is 0 Å². The molecule has 4 heteroatoms. The molecule has 0 N–H and O–H groups in total. The van der Waals surface area contributed by atoms with Crippen LogP contribution in [0.5, 0.6) is 0 Å². The van der Waals surface area contributed by atoms with Crippen molar-refractivity contribution in [2.24, 2.45) is 0 Å². The molecule has 0 atom stereocenters. The fourth-order valence-corrected chi connectivity index (χ4v) is 2.47. The van der Waals surface area contributed by atoms with Gasteiger partial charge in [-0.3, -0.25) is 0 Å². The molecule has 2 heterocycles. The Kier molecular flexibility index (Phi) is 3.95. The predicted octanol–water partition coefficient (Wildman–Crippen LogP) is 3.72. The van der Waals surface area contributed by atoms with E-state index < -0.39 is 0 Å². The van der Waals surface area contributed by atoms with Crippen molar-refractivity contribution in [3.05, 3.63) is 48.0 Å². The van der Waals surface area contributed by atoms with E-state index in [0.717, 1.165) is 47.5 Å². The average molecular weight is 280 g/mol. The lowest BCUT2D eigenvalue weighted by Gasteiger charge is -2.06. The van der Waals surface area contributed by atoms with E-state index in [-0.39, 0.29) is 0 Å². The Morgan fingerprint density at radius 2 is 1.86 bits per heavy atom. The van der Waals surface area contributed by atoms with Crippen LogP contribution >= 0.6 is 0 Å². The largest absolute Gasteiger partial charge is 0.237 e. The maximum absolute atomic E-state index is 4.70. The van der Waals surface area contributed by atoms with E-state index in [9.17, 15) is 0 Å². The Labute approximate surface area is 124 Å². The highest BCUT2D eigenvalue weighted by atomic mass is 15.3. The lowest BCUT2D eigenvalue weighted by Crippen LogP contribution is -2.03. The number of nitrogens with zero attached hydrogens (tertiary/aromatic N) is 4. The lowest BCUT2D eigenvalue weighted by atomic mass is 10.1. The number of rotatable bonds is 5. The topological polar surface area (TPSA) is 43.6 Å². The molecule has 0 fully saturated rings. The fraction of sp³-hybridized carbons (Fsp3) is 0.353. The second-order valence-electron chi connectivity index (χ2n) is 5.17. The molecule has 0 aliphatic carbocycles. The van der Waals surface area contributed by atoms with Crippen LogP contribution in [0.2, 0.25) is 0 Å². The SMILES string of the molecule is CCCCc1nc(CC)nc2c1cnn2-c1ccccc1. The third kappa shape index (κ3) is 2.66. The van der Waals surface area contributed by atoms with Crippen LogP contribution in [-0.4, -0.2) is 19.7 Å². The Morgan fingerprint density at radius 1 is 1.05 bits per heavy atom. The van der Waals surface area contributed by atoms with Crippen molar-refractivity contribution >= 4 is 11.0 Å². The zero-order valence-corrected chi connectivity index (χ0v) is 12.6. The molecule has 3 aromatic rings. The summed E-state index contributed by atoms with van der Waals surface area (Å²) in [5, 5.41) is 5.60. The minimum Gasteiger partial charge on any atom is -0.237 e. The molecule has 0 spiro atoms. The number of para-hydroxylation sites is 1. The van der Waals surface area contributed by atoms with E-state index in [0.29, 0.717) is 0 Å². The summed E-state index contributed by atoms with van der Waals surface area (Å²) in [4.78, 5) is 9.39. The van der Waals surface area contributed by atoms with Gasteiger partial charge < -0.3 is 0 Å². The molecule has 0 aliphatic rings. The summed E-state index contributed by atoms with van der Waals surface area (Å²) < 4.78 is 1.91. The summed E-state index contributed by atoms with van der Waals surface area (Å²) in [5.41, 5.74) is 3.08. The molecule has 0 aliphatic heterocycles. The molecule has 0 saturated carbocycles. The first-order valence-corrected chi connectivity index (χ1v) is 7.62. The molecule has 3 rings (SSSR count). The Balaban J connectivity index is 2.16. The van der Waals surface area contributed by atoms with E-state index >= 15 is 0 Å². The van der Waals surface area contributed by atoms with Gasteiger partial charge in [-0.25, -0.2) is 14.6 Å². The van der Waals surface area contributed by atoms with E-state index in [2.05, 4.69) is 23.9 Å². The molecule has 0 saturated heterocycles. The molecular formula is C17H20N4.